The first-order chi connectivity index (χ1) is 7.67. The molecular weight excluding hydrogens is 196 g/mol. The van der Waals surface area contributed by atoms with Crippen LogP contribution in [0.4, 0.5) is 0 Å². The summed E-state index contributed by atoms with van der Waals surface area (Å²) in [6.07, 6.45) is 6.49. The average Bonchev–Trinajstić information content (AvgIpc) is 2.25. The number of rotatable bonds is 0. The molecule has 1 heteroatoms. The van der Waals surface area contributed by atoms with Crippen molar-refractivity contribution in [3.63, 3.8) is 0 Å². The predicted octanol–water partition coefficient (Wildman–Crippen LogP) is 3.86. The van der Waals surface area contributed by atoms with E-state index in [0.717, 1.165) is 24.4 Å². The Morgan fingerprint density at radius 1 is 1.12 bits per heavy atom. The lowest BCUT2D eigenvalue weighted by atomic mass is 9.73. The highest BCUT2D eigenvalue weighted by atomic mass is 16.5. The molecule has 0 fully saturated rings. The topological polar surface area (TPSA) is 9.23 Å². The van der Waals surface area contributed by atoms with Crippen LogP contribution in [0, 0.1) is 5.41 Å². The van der Waals surface area contributed by atoms with E-state index >= 15 is 0 Å². The van der Waals surface area contributed by atoms with Gasteiger partial charge in [-0.15, -0.1) is 0 Å². The van der Waals surface area contributed by atoms with Crippen molar-refractivity contribution in [2.24, 2.45) is 5.41 Å². The van der Waals surface area contributed by atoms with Crippen molar-refractivity contribution in [1.29, 1.82) is 0 Å². The lowest BCUT2D eigenvalue weighted by Crippen LogP contribution is -2.31. The van der Waals surface area contributed by atoms with Crippen LogP contribution in [0.3, 0.4) is 0 Å². The zero-order valence-corrected chi connectivity index (χ0v) is 9.79. The van der Waals surface area contributed by atoms with Crippen LogP contribution >= 0.6 is 0 Å². The Hall–Kier alpha value is -1.50. The third-order valence-electron chi connectivity index (χ3n) is 3.56. The van der Waals surface area contributed by atoms with E-state index in [2.05, 4.69) is 44.2 Å². The van der Waals surface area contributed by atoms with Gasteiger partial charge in [0, 0.05) is 5.41 Å². The van der Waals surface area contributed by atoms with E-state index in [1.54, 1.807) is 0 Å². The molecule has 0 bridgehead atoms. The van der Waals surface area contributed by atoms with Gasteiger partial charge >= 0.3 is 0 Å². The van der Waals surface area contributed by atoms with Crippen molar-refractivity contribution < 1.29 is 4.74 Å². The highest BCUT2D eigenvalue weighted by Gasteiger charge is 2.37. The number of fused-ring (bicyclic) bond motifs is 2. The third-order valence-corrected chi connectivity index (χ3v) is 3.56. The summed E-state index contributed by atoms with van der Waals surface area (Å²) in [4.78, 5) is 0. The lowest BCUT2D eigenvalue weighted by molar-refractivity contribution is 0.218. The van der Waals surface area contributed by atoms with E-state index in [1.165, 1.54) is 11.1 Å². The number of hydrogen-bond acceptors (Lipinski definition) is 1. The van der Waals surface area contributed by atoms with Gasteiger partial charge in [0.05, 0.1) is 0 Å². The molecule has 0 radical (unpaired) electrons. The van der Waals surface area contributed by atoms with E-state index in [1.807, 2.05) is 6.07 Å². The van der Waals surface area contributed by atoms with Crippen molar-refractivity contribution in [2.45, 2.75) is 26.7 Å². The summed E-state index contributed by atoms with van der Waals surface area (Å²) >= 11 is 0. The van der Waals surface area contributed by atoms with E-state index in [-0.39, 0.29) is 5.41 Å². The molecule has 1 aliphatic heterocycles. The molecule has 0 aromatic heterocycles. The molecule has 0 spiro atoms. The summed E-state index contributed by atoms with van der Waals surface area (Å²) in [5.74, 6) is 2.15. The van der Waals surface area contributed by atoms with Gasteiger partial charge in [-0.05, 0) is 37.5 Å². The molecule has 1 atom stereocenters. The quantitative estimate of drug-likeness (QED) is 0.634. The van der Waals surface area contributed by atoms with Crippen LogP contribution in [0.5, 0.6) is 5.75 Å². The van der Waals surface area contributed by atoms with Crippen LogP contribution in [0.25, 0.3) is 0 Å². The van der Waals surface area contributed by atoms with Gasteiger partial charge in [0.25, 0.3) is 0 Å². The molecule has 0 amide bonds. The Morgan fingerprint density at radius 2 is 1.94 bits per heavy atom. The molecule has 1 nitrogen and oxygen atoms in total. The molecule has 0 saturated heterocycles. The van der Waals surface area contributed by atoms with E-state index < -0.39 is 0 Å². The SMILES string of the molecule is CC1=CC=C2Oc3ccccc3CC2(C)C1. The summed E-state index contributed by atoms with van der Waals surface area (Å²) in [5, 5.41) is 0. The van der Waals surface area contributed by atoms with Crippen molar-refractivity contribution >= 4 is 0 Å². The van der Waals surface area contributed by atoms with Crippen LogP contribution in [0.2, 0.25) is 0 Å². The monoisotopic (exact) mass is 212 g/mol. The molecule has 1 aromatic rings. The minimum absolute atomic E-state index is 0.160. The van der Waals surface area contributed by atoms with Crippen molar-refractivity contribution in [2.75, 3.05) is 0 Å². The first-order valence-electron chi connectivity index (χ1n) is 5.81. The maximum Gasteiger partial charge on any atom is 0.130 e. The molecular formula is C15H16O. The van der Waals surface area contributed by atoms with Gasteiger partial charge in [0.15, 0.2) is 0 Å². The maximum atomic E-state index is 6.00. The molecule has 0 saturated carbocycles. The number of hydrogen-bond donors (Lipinski definition) is 0. The van der Waals surface area contributed by atoms with E-state index in [9.17, 15) is 0 Å². The van der Waals surface area contributed by atoms with Crippen LogP contribution in [0.1, 0.15) is 25.8 Å². The second kappa shape index (κ2) is 3.24. The minimum Gasteiger partial charge on any atom is -0.461 e. The molecule has 1 aromatic carbocycles. The van der Waals surface area contributed by atoms with Crippen molar-refractivity contribution in [1.82, 2.24) is 0 Å². The Morgan fingerprint density at radius 3 is 2.81 bits per heavy atom. The fourth-order valence-electron chi connectivity index (χ4n) is 2.78. The maximum absolute atomic E-state index is 6.00. The fraction of sp³-hybridized carbons (Fsp3) is 0.333. The first kappa shape index (κ1) is 9.71. The van der Waals surface area contributed by atoms with Crippen LogP contribution in [-0.4, -0.2) is 0 Å². The Kier molecular flexibility index (Phi) is 1.97. The predicted molar refractivity (Wildman–Crippen MR) is 65.3 cm³/mol. The highest BCUT2D eigenvalue weighted by Crippen LogP contribution is 2.46. The van der Waals surface area contributed by atoms with Crippen LogP contribution < -0.4 is 4.74 Å². The third kappa shape index (κ3) is 1.39. The van der Waals surface area contributed by atoms with Crippen LogP contribution in [0.15, 0.2) is 47.7 Å². The lowest BCUT2D eigenvalue weighted by Gasteiger charge is -2.39. The second-order valence-corrected chi connectivity index (χ2v) is 5.17. The summed E-state index contributed by atoms with van der Waals surface area (Å²) in [7, 11) is 0. The van der Waals surface area contributed by atoms with Gasteiger partial charge in [0.1, 0.15) is 11.5 Å². The fourth-order valence-corrected chi connectivity index (χ4v) is 2.78. The molecule has 3 rings (SSSR count). The summed E-state index contributed by atoms with van der Waals surface area (Å²) < 4.78 is 6.00. The summed E-state index contributed by atoms with van der Waals surface area (Å²) in [6.45, 7) is 4.49. The number of allylic oxidation sites excluding steroid dienone is 4. The molecule has 0 N–H and O–H groups in total. The highest BCUT2D eigenvalue weighted by molar-refractivity contribution is 5.42. The average molecular weight is 212 g/mol. The van der Waals surface area contributed by atoms with Gasteiger partial charge in [-0.1, -0.05) is 36.8 Å². The van der Waals surface area contributed by atoms with Gasteiger partial charge in [0.2, 0.25) is 0 Å². The standard InChI is InChI=1S/C15H16O/c1-11-7-8-14-15(2,9-11)10-12-5-3-4-6-13(12)16-14/h3-8H,9-10H2,1-2H3. The Bertz CT molecular complexity index is 496. The zero-order chi connectivity index (χ0) is 11.2. The normalized spacial score (nSPS) is 27.1. The van der Waals surface area contributed by atoms with Crippen LogP contribution in [-0.2, 0) is 6.42 Å². The molecule has 2 aliphatic rings. The molecule has 82 valence electrons. The number of para-hydroxylation sites is 1. The largest absolute Gasteiger partial charge is 0.461 e. The minimum atomic E-state index is 0.160. The molecule has 1 aliphatic carbocycles. The Labute approximate surface area is 96.4 Å². The van der Waals surface area contributed by atoms with Crippen molar-refractivity contribution in [3.05, 3.63) is 53.3 Å². The summed E-state index contributed by atoms with van der Waals surface area (Å²) in [6, 6.07) is 8.35. The summed E-state index contributed by atoms with van der Waals surface area (Å²) in [5.41, 5.74) is 2.93. The number of benzene rings is 1. The first-order valence-corrected chi connectivity index (χ1v) is 5.81. The van der Waals surface area contributed by atoms with E-state index in [4.69, 9.17) is 4.74 Å². The van der Waals surface area contributed by atoms with Gasteiger partial charge in [-0.2, -0.15) is 0 Å². The van der Waals surface area contributed by atoms with E-state index in [0.29, 0.717) is 0 Å². The number of ether oxygens (including phenoxy) is 1. The Balaban J connectivity index is 2.07. The smallest absolute Gasteiger partial charge is 0.130 e. The van der Waals surface area contributed by atoms with Crippen molar-refractivity contribution in [3.8, 4) is 5.75 Å². The van der Waals surface area contributed by atoms with Gasteiger partial charge in [-0.3, -0.25) is 0 Å². The van der Waals surface area contributed by atoms with Gasteiger partial charge in [-0.25, -0.2) is 0 Å². The van der Waals surface area contributed by atoms with Gasteiger partial charge < -0.3 is 4.74 Å². The molecule has 1 heterocycles. The molecule has 1 unspecified atom stereocenters. The second-order valence-electron chi connectivity index (χ2n) is 5.17. The zero-order valence-electron chi connectivity index (χ0n) is 9.79. The molecule has 16 heavy (non-hydrogen) atoms.